The second-order valence-corrected chi connectivity index (χ2v) is 6.36. The number of methoxy groups -OCH3 is 2. The van der Waals surface area contributed by atoms with Crippen molar-refractivity contribution in [2.45, 2.75) is 5.22 Å². The number of hydrogen-bond acceptors (Lipinski definition) is 6. The largest absolute Gasteiger partial charge is 0.497 e. The van der Waals surface area contributed by atoms with E-state index in [1.54, 1.807) is 43.5 Å². The molecule has 0 saturated heterocycles. The van der Waals surface area contributed by atoms with Gasteiger partial charge in [-0.2, -0.15) is 0 Å². The van der Waals surface area contributed by atoms with Crippen molar-refractivity contribution >= 4 is 46.1 Å². The van der Waals surface area contributed by atoms with Gasteiger partial charge in [-0.3, -0.25) is 4.79 Å². The van der Waals surface area contributed by atoms with Gasteiger partial charge in [-0.15, -0.1) is 0 Å². The Hall–Kier alpha value is -2.38. The number of rotatable bonds is 6. The van der Waals surface area contributed by atoms with E-state index < -0.39 is 0 Å². The van der Waals surface area contributed by atoms with Gasteiger partial charge in [0.15, 0.2) is 5.58 Å². The molecule has 0 bridgehead atoms. The Balaban J connectivity index is 1.66. The van der Waals surface area contributed by atoms with Crippen LogP contribution in [0.15, 0.2) is 46.0 Å². The Morgan fingerprint density at radius 3 is 2.84 bits per heavy atom. The number of halogens is 1. The van der Waals surface area contributed by atoms with E-state index in [-0.39, 0.29) is 11.7 Å². The van der Waals surface area contributed by atoms with Crippen LogP contribution in [-0.2, 0) is 4.79 Å². The lowest BCUT2D eigenvalue weighted by Gasteiger charge is -2.11. The van der Waals surface area contributed by atoms with Gasteiger partial charge >= 0.3 is 0 Å². The van der Waals surface area contributed by atoms with Crippen LogP contribution in [0, 0.1) is 0 Å². The van der Waals surface area contributed by atoms with Crippen molar-refractivity contribution in [2.24, 2.45) is 0 Å². The fraction of sp³-hybridized carbons (Fsp3) is 0.176. The maximum absolute atomic E-state index is 12.2. The summed E-state index contributed by atoms with van der Waals surface area (Å²) in [5, 5.41) is 3.77. The van der Waals surface area contributed by atoms with Crippen LogP contribution in [0.3, 0.4) is 0 Å². The molecule has 1 amide bonds. The number of fused-ring (bicyclic) bond motifs is 1. The lowest BCUT2D eigenvalue weighted by Crippen LogP contribution is -2.14. The van der Waals surface area contributed by atoms with Crippen molar-refractivity contribution < 1.29 is 18.7 Å². The first-order valence-corrected chi connectivity index (χ1v) is 8.66. The lowest BCUT2D eigenvalue weighted by molar-refractivity contribution is -0.113. The molecule has 8 heteroatoms. The molecule has 0 atom stereocenters. The molecule has 1 aromatic heterocycles. The van der Waals surface area contributed by atoms with Gasteiger partial charge in [0.05, 0.1) is 25.7 Å². The van der Waals surface area contributed by atoms with E-state index >= 15 is 0 Å². The van der Waals surface area contributed by atoms with E-state index in [1.165, 1.54) is 18.9 Å². The van der Waals surface area contributed by atoms with Crippen LogP contribution in [0.25, 0.3) is 11.1 Å². The Morgan fingerprint density at radius 1 is 1.24 bits per heavy atom. The van der Waals surface area contributed by atoms with Crippen molar-refractivity contribution in [2.75, 3.05) is 25.3 Å². The average molecular weight is 379 g/mol. The van der Waals surface area contributed by atoms with Crippen molar-refractivity contribution in [3.05, 3.63) is 41.4 Å². The smallest absolute Gasteiger partial charge is 0.257 e. The third kappa shape index (κ3) is 4.18. The summed E-state index contributed by atoms with van der Waals surface area (Å²) in [5.41, 5.74) is 1.82. The van der Waals surface area contributed by atoms with Crippen LogP contribution in [0.2, 0.25) is 5.02 Å². The highest BCUT2D eigenvalue weighted by molar-refractivity contribution is 7.99. The number of thioether (sulfide) groups is 1. The van der Waals surface area contributed by atoms with Gasteiger partial charge in [0, 0.05) is 17.2 Å². The van der Waals surface area contributed by atoms with E-state index in [1.807, 2.05) is 0 Å². The number of anilines is 1. The summed E-state index contributed by atoms with van der Waals surface area (Å²) in [6, 6.07) is 10.4. The molecule has 0 aliphatic heterocycles. The predicted molar refractivity (Wildman–Crippen MR) is 97.9 cm³/mol. The molecule has 6 nitrogen and oxygen atoms in total. The minimum absolute atomic E-state index is 0.140. The number of amides is 1. The van der Waals surface area contributed by atoms with Gasteiger partial charge < -0.3 is 19.2 Å². The highest BCUT2D eigenvalue weighted by atomic mass is 35.5. The Bertz CT molecular complexity index is 913. The van der Waals surface area contributed by atoms with Crippen LogP contribution in [0.1, 0.15) is 0 Å². The number of nitrogens with one attached hydrogen (secondary N) is 1. The molecule has 2 aromatic carbocycles. The third-order valence-corrected chi connectivity index (χ3v) is 4.40. The molecule has 0 aliphatic carbocycles. The van der Waals surface area contributed by atoms with E-state index in [9.17, 15) is 4.79 Å². The number of hydrogen-bond donors (Lipinski definition) is 1. The molecular formula is C17H15ClN2O4S. The van der Waals surface area contributed by atoms with Gasteiger partial charge in [-0.05, 0) is 24.3 Å². The topological polar surface area (TPSA) is 73.6 Å². The summed E-state index contributed by atoms with van der Waals surface area (Å²) in [5.74, 6) is 1.10. The van der Waals surface area contributed by atoms with Gasteiger partial charge in [0.2, 0.25) is 5.91 Å². The molecule has 1 heterocycles. The Kier molecular flexibility index (Phi) is 5.35. The average Bonchev–Trinajstić information content (AvgIpc) is 3.02. The van der Waals surface area contributed by atoms with Gasteiger partial charge in [-0.25, -0.2) is 4.98 Å². The van der Waals surface area contributed by atoms with Crippen LogP contribution < -0.4 is 14.8 Å². The molecular weight excluding hydrogens is 364 g/mol. The zero-order chi connectivity index (χ0) is 17.8. The highest BCUT2D eigenvalue weighted by Crippen LogP contribution is 2.30. The zero-order valence-corrected chi connectivity index (χ0v) is 15.1. The molecule has 0 unspecified atom stereocenters. The van der Waals surface area contributed by atoms with Gasteiger partial charge in [-0.1, -0.05) is 23.4 Å². The molecule has 0 fully saturated rings. The lowest BCUT2D eigenvalue weighted by atomic mass is 10.2. The number of aromatic nitrogens is 1. The van der Waals surface area contributed by atoms with E-state index in [0.717, 1.165) is 0 Å². The van der Waals surface area contributed by atoms with Crippen molar-refractivity contribution in [1.29, 1.82) is 0 Å². The minimum Gasteiger partial charge on any atom is -0.497 e. The molecule has 3 aromatic rings. The number of carbonyl (C=O) groups excluding carboxylic acids is 1. The SMILES string of the molecule is COc1ccc(OC)c(NC(=O)CSc2nc3ccc(Cl)cc3o2)c1. The second kappa shape index (κ2) is 7.67. The highest BCUT2D eigenvalue weighted by Gasteiger charge is 2.12. The first-order valence-electron chi connectivity index (χ1n) is 7.30. The Labute approximate surface area is 153 Å². The second-order valence-electron chi connectivity index (χ2n) is 4.99. The van der Waals surface area contributed by atoms with E-state index in [2.05, 4.69) is 10.3 Å². The van der Waals surface area contributed by atoms with Crippen molar-refractivity contribution in [3.63, 3.8) is 0 Å². The monoisotopic (exact) mass is 378 g/mol. The van der Waals surface area contributed by atoms with Gasteiger partial charge in [0.25, 0.3) is 5.22 Å². The summed E-state index contributed by atoms with van der Waals surface area (Å²) in [4.78, 5) is 16.5. The number of carbonyl (C=O) groups is 1. The molecule has 0 spiro atoms. The molecule has 0 saturated carbocycles. The summed E-state index contributed by atoms with van der Waals surface area (Å²) < 4.78 is 16.0. The number of benzene rings is 2. The van der Waals surface area contributed by atoms with Crippen molar-refractivity contribution in [1.82, 2.24) is 4.98 Å². The van der Waals surface area contributed by atoms with E-state index in [4.69, 9.17) is 25.5 Å². The first-order chi connectivity index (χ1) is 12.1. The quantitative estimate of drug-likeness (QED) is 0.647. The third-order valence-electron chi connectivity index (χ3n) is 3.34. The molecule has 0 radical (unpaired) electrons. The molecule has 3 rings (SSSR count). The normalized spacial score (nSPS) is 10.7. The maximum Gasteiger partial charge on any atom is 0.257 e. The zero-order valence-electron chi connectivity index (χ0n) is 13.5. The number of nitrogens with zero attached hydrogens (tertiary/aromatic N) is 1. The van der Waals surface area contributed by atoms with Crippen LogP contribution in [0.4, 0.5) is 5.69 Å². The Morgan fingerprint density at radius 2 is 2.08 bits per heavy atom. The standard InChI is InChI=1S/C17H15ClN2O4S/c1-22-11-4-6-14(23-2)13(8-11)19-16(21)9-25-17-20-12-5-3-10(18)7-15(12)24-17/h3-8H,9H2,1-2H3,(H,19,21). The number of oxazole rings is 1. The fourth-order valence-corrected chi connectivity index (χ4v) is 2.96. The van der Waals surface area contributed by atoms with E-state index in [0.29, 0.717) is 38.5 Å². The molecule has 25 heavy (non-hydrogen) atoms. The van der Waals surface area contributed by atoms with Crippen molar-refractivity contribution in [3.8, 4) is 11.5 Å². The molecule has 1 N–H and O–H groups in total. The summed E-state index contributed by atoms with van der Waals surface area (Å²) in [6.07, 6.45) is 0. The van der Waals surface area contributed by atoms with Gasteiger partial charge in [0.1, 0.15) is 17.0 Å². The molecule has 130 valence electrons. The summed E-state index contributed by atoms with van der Waals surface area (Å²) in [6.45, 7) is 0. The summed E-state index contributed by atoms with van der Waals surface area (Å²) in [7, 11) is 3.10. The maximum atomic E-state index is 12.2. The molecule has 0 aliphatic rings. The van der Waals surface area contributed by atoms with Crippen LogP contribution in [-0.4, -0.2) is 30.9 Å². The predicted octanol–water partition coefficient (Wildman–Crippen LogP) is 4.23. The van der Waals surface area contributed by atoms with Crippen LogP contribution >= 0.6 is 23.4 Å². The van der Waals surface area contributed by atoms with Crippen LogP contribution in [0.5, 0.6) is 11.5 Å². The number of ether oxygens (including phenoxy) is 2. The fourth-order valence-electron chi connectivity index (χ4n) is 2.16. The minimum atomic E-state index is -0.211. The summed E-state index contributed by atoms with van der Waals surface area (Å²) >= 11 is 7.12. The first kappa shape index (κ1) is 17.4.